The standard InChI is InChI=1S/C19H19N3O7S2/c1-26-13-6-4-12(5-7-13)18-20-21-19(29-18)30-11-17(23)22-31(24,25)14-8-9-15(27-2)16(10-14)28-3/h4-10H,11H2,1-3H3,(H,22,23). The van der Waals surface area contributed by atoms with Crippen LogP contribution in [0.4, 0.5) is 0 Å². The highest BCUT2D eigenvalue weighted by molar-refractivity contribution is 7.99. The molecule has 1 amide bonds. The van der Waals surface area contributed by atoms with Crippen LogP contribution in [0.2, 0.25) is 0 Å². The van der Waals surface area contributed by atoms with Crippen LogP contribution in [0.3, 0.4) is 0 Å². The van der Waals surface area contributed by atoms with E-state index in [1.807, 2.05) is 4.72 Å². The molecule has 0 aliphatic rings. The number of hydrogen-bond donors (Lipinski definition) is 1. The molecule has 0 atom stereocenters. The third-order valence-corrected chi connectivity index (χ3v) is 6.17. The van der Waals surface area contributed by atoms with E-state index < -0.39 is 15.9 Å². The molecule has 0 fully saturated rings. The van der Waals surface area contributed by atoms with Gasteiger partial charge in [0.05, 0.1) is 32.0 Å². The van der Waals surface area contributed by atoms with Crippen LogP contribution >= 0.6 is 11.8 Å². The number of sulfonamides is 1. The van der Waals surface area contributed by atoms with E-state index in [1.54, 1.807) is 31.4 Å². The van der Waals surface area contributed by atoms with Crippen LogP contribution in [-0.2, 0) is 14.8 Å². The highest BCUT2D eigenvalue weighted by atomic mass is 32.2. The zero-order valence-corrected chi connectivity index (χ0v) is 18.5. The van der Waals surface area contributed by atoms with Gasteiger partial charge >= 0.3 is 0 Å². The molecule has 3 aromatic rings. The van der Waals surface area contributed by atoms with Gasteiger partial charge in [0.2, 0.25) is 11.8 Å². The second-order valence-electron chi connectivity index (χ2n) is 5.94. The Kier molecular flexibility index (Phi) is 7.02. The summed E-state index contributed by atoms with van der Waals surface area (Å²) in [6.07, 6.45) is 0. The lowest BCUT2D eigenvalue weighted by molar-refractivity contribution is -0.116. The van der Waals surface area contributed by atoms with Gasteiger partial charge in [0, 0.05) is 11.6 Å². The number of aromatic nitrogens is 2. The Bertz CT molecular complexity index is 1160. The highest BCUT2D eigenvalue weighted by Gasteiger charge is 2.21. The van der Waals surface area contributed by atoms with Crippen molar-refractivity contribution in [1.82, 2.24) is 14.9 Å². The van der Waals surface area contributed by atoms with Crippen molar-refractivity contribution in [2.24, 2.45) is 0 Å². The third-order valence-electron chi connectivity index (χ3n) is 3.98. The molecule has 0 unspecified atom stereocenters. The molecule has 0 aliphatic heterocycles. The molecule has 0 bridgehead atoms. The van der Waals surface area contributed by atoms with E-state index in [0.717, 1.165) is 11.8 Å². The van der Waals surface area contributed by atoms with Gasteiger partial charge in [-0.25, -0.2) is 13.1 Å². The minimum absolute atomic E-state index is 0.129. The molecule has 3 rings (SSSR count). The van der Waals surface area contributed by atoms with Crippen LogP contribution in [0.25, 0.3) is 11.5 Å². The van der Waals surface area contributed by atoms with Crippen molar-refractivity contribution in [3.63, 3.8) is 0 Å². The smallest absolute Gasteiger partial charge is 0.277 e. The molecular weight excluding hydrogens is 446 g/mol. The van der Waals surface area contributed by atoms with E-state index in [4.69, 9.17) is 18.6 Å². The van der Waals surface area contributed by atoms with Crippen molar-refractivity contribution in [2.75, 3.05) is 27.1 Å². The SMILES string of the molecule is COc1ccc(-c2nnc(SCC(=O)NS(=O)(=O)c3ccc(OC)c(OC)c3)o2)cc1. The number of carbonyl (C=O) groups excluding carboxylic acids is 1. The number of rotatable bonds is 9. The fourth-order valence-corrected chi connectivity index (χ4v) is 4.12. The Labute approximate surface area is 183 Å². The van der Waals surface area contributed by atoms with E-state index in [2.05, 4.69) is 10.2 Å². The molecule has 12 heteroatoms. The molecule has 1 N–H and O–H groups in total. The summed E-state index contributed by atoms with van der Waals surface area (Å²) < 4.78 is 47.7. The Morgan fingerprint density at radius 3 is 2.35 bits per heavy atom. The first kappa shape index (κ1) is 22.4. The van der Waals surface area contributed by atoms with Crippen LogP contribution in [0.5, 0.6) is 17.2 Å². The number of nitrogens with one attached hydrogen (secondary N) is 1. The van der Waals surface area contributed by atoms with Gasteiger partial charge in [0.25, 0.3) is 15.2 Å². The topological polar surface area (TPSA) is 130 Å². The number of ether oxygens (including phenoxy) is 3. The van der Waals surface area contributed by atoms with Gasteiger partial charge in [-0.3, -0.25) is 4.79 Å². The fourth-order valence-electron chi connectivity index (χ4n) is 2.47. The zero-order valence-electron chi connectivity index (χ0n) is 16.8. The fraction of sp³-hybridized carbons (Fsp3) is 0.211. The van der Waals surface area contributed by atoms with Crippen molar-refractivity contribution in [3.05, 3.63) is 42.5 Å². The summed E-state index contributed by atoms with van der Waals surface area (Å²) in [7, 11) is 0.286. The Morgan fingerprint density at radius 1 is 1.00 bits per heavy atom. The van der Waals surface area contributed by atoms with Gasteiger partial charge in [0.1, 0.15) is 5.75 Å². The van der Waals surface area contributed by atoms with Crippen molar-refractivity contribution >= 4 is 27.7 Å². The molecule has 10 nitrogen and oxygen atoms in total. The van der Waals surface area contributed by atoms with Crippen LogP contribution in [0, 0.1) is 0 Å². The Hall–Kier alpha value is -3.25. The lowest BCUT2D eigenvalue weighted by atomic mass is 10.2. The molecule has 2 aromatic carbocycles. The molecule has 31 heavy (non-hydrogen) atoms. The summed E-state index contributed by atoms with van der Waals surface area (Å²) in [5, 5.41) is 7.91. The van der Waals surface area contributed by atoms with E-state index in [1.165, 1.54) is 32.4 Å². The predicted octanol–water partition coefficient (Wildman–Crippen LogP) is 2.36. The molecule has 0 spiro atoms. The lowest BCUT2D eigenvalue weighted by Crippen LogP contribution is -2.31. The maximum absolute atomic E-state index is 12.5. The molecule has 0 saturated heterocycles. The summed E-state index contributed by atoms with van der Waals surface area (Å²) in [6, 6.07) is 11.0. The van der Waals surface area contributed by atoms with Crippen LogP contribution in [0.1, 0.15) is 0 Å². The normalized spacial score (nSPS) is 11.1. The van der Waals surface area contributed by atoms with Gasteiger partial charge in [-0.15, -0.1) is 10.2 Å². The molecule has 1 aromatic heterocycles. The molecule has 0 saturated carbocycles. The average Bonchev–Trinajstić information content (AvgIpc) is 3.26. The number of amides is 1. The Morgan fingerprint density at radius 2 is 1.71 bits per heavy atom. The van der Waals surface area contributed by atoms with Crippen molar-refractivity contribution < 1.29 is 31.8 Å². The number of methoxy groups -OCH3 is 3. The maximum atomic E-state index is 12.5. The average molecular weight is 466 g/mol. The van der Waals surface area contributed by atoms with Gasteiger partial charge < -0.3 is 18.6 Å². The van der Waals surface area contributed by atoms with Gasteiger partial charge in [-0.1, -0.05) is 11.8 Å². The molecule has 1 heterocycles. The monoisotopic (exact) mass is 465 g/mol. The summed E-state index contributed by atoms with van der Waals surface area (Å²) >= 11 is 0.915. The van der Waals surface area contributed by atoms with Gasteiger partial charge in [-0.05, 0) is 36.4 Å². The Balaban J connectivity index is 1.61. The quantitative estimate of drug-likeness (QED) is 0.470. The van der Waals surface area contributed by atoms with Crippen LogP contribution in [0.15, 0.2) is 57.0 Å². The van der Waals surface area contributed by atoms with Gasteiger partial charge in [0.15, 0.2) is 11.5 Å². The first-order valence-electron chi connectivity index (χ1n) is 8.74. The van der Waals surface area contributed by atoms with E-state index in [0.29, 0.717) is 17.1 Å². The number of benzene rings is 2. The lowest BCUT2D eigenvalue weighted by Gasteiger charge is -2.10. The highest BCUT2D eigenvalue weighted by Crippen LogP contribution is 2.29. The summed E-state index contributed by atoms with van der Waals surface area (Å²) in [5.41, 5.74) is 0.681. The zero-order chi connectivity index (χ0) is 22.4. The van der Waals surface area contributed by atoms with E-state index in [-0.39, 0.29) is 27.5 Å². The summed E-state index contributed by atoms with van der Waals surface area (Å²) in [5.74, 6) is 0.561. The number of carbonyl (C=O) groups is 1. The van der Waals surface area contributed by atoms with Gasteiger partial charge in [-0.2, -0.15) is 0 Å². The van der Waals surface area contributed by atoms with Crippen molar-refractivity contribution in [2.45, 2.75) is 10.1 Å². The minimum atomic E-state index is -4.09. The van der Waals surface area contributed by atoms with E-state index in [9.17, 15) is 13.2 Å². The predicted molar refractivity (Wildman–Crippen MR) is 112 cm³/mol. The first-order valence-corrected chi connectivity index (χ1v) is 11.2. The first-order chi connectivity index (χ1) is 14.9. The molecule has 164 valence electrons. The molecule has 0 aliphatic carbocycles. The summed E-state index contributed by atoms with van der Waals surface area (Å²) in [4.78, 5) is 12.0. The number of hydrogen-bond acceptors (Lipinski definition) is 10. The second-order valence-corrected chi connectivity index (χ2v) is 8.54. The number of thioether (sulfide) groups is 1. The molecule has 0 radical (unpaired) electrons. The largest absolute Gasteiger partial charge is 0.497 e. The minimum Gasteiger partial charge on any atom is -0.497 e. The maximum Gasteiger partial charge on any atom is 0.277 e. The van der Waals surface area contributed by atoms with Crippen molar-refractivity contribution in [3.8, 4) is 28.7 Å². The van der Waals surface area contributed by atoms with Crippen LogP contribution in [-0.4, -0.2) is 51.6 Å². The molecular formula is C19H19N3O7S2. The van der Waals surface area contributed by atoms with E-state index >= 15 is 0 Å². The number of nitrogens with zero attached hydrogens (tertiary/aromatic N) is 2. The van der Waals surface area contributed by atoms with Crippen LogP contribution < -0.4 is 18.9 Å². The summed E-state index contributed by atoms with van der Waals surface area (Å²) in [6.45, 7) is 0. The van der Waals surface area contributed by atoms with Crippen molar-refractivity contribution in [1.29, 1.82) is 0 Å². The second kappa shape index (κ2) is 9.71. The third kappa shape index (κ3) is 5.47.